The third-order valence-corrected chi connectivity index (χ3v) is 0. The first kappa shape index (κ1) is 133. The van der Waals surface area contributed by atoms with Crippen LogP contribution < -0.4 is 12.4 Å². The van der Waals surface area contributed by atoms with Gasteiger partial charge in [-0.25, -0.2) is 0 Å². The van der Waals surface area contributed by atoms with E-state index in [4.69, 9.17) is 17.5 Å². The summed E-state index contributed by atoms with van der Waals surface area (Å²) >= 11 is 0. The molecule has 96 valence electrons. The third-order valence-electron chi connectivity index (χ3n) is 0. The summed E-state index contributed by atoms with van der Waals surface area (Å²) in [6, 6.07) is 0. The summed E-state index contributed by atoms with van der Waals surface area (Å²) in [5.74, 6) is 0. The summed E-state index contributed by atoms with van der Waals surface area (Å²) in [7, 11) is -5.17. The van der Waals surface area contributed by atoms with Crippen molar-refractivity contribution in [1.29, 1.82) is 0 Å². The van der Waals surface area contributed by atoms with Gasteiger partial charge < -0.3 is 59.8 Å². The minimum atomic E-state index is -5.17. The Balaban J connectivity index is -0.00000000178. The Morgan fingerprint density at radius 1 is 0.600 bits per heavy atom. The second kappa shape index (κ2) is 58.3. The van der Waals surface area contributed by atoms with Gasteiger partial charge in [0.05, 0.1) is 0 Å². The topological polar surface area (TPSA) is 301 Å². The van der Waals surface area contributed by atoms with E-state index in [0.29, 0.717) is 0 Å². The number of hydrogen-bond acceptors (Lipinski definition) is 4. The fraction of sp³-hybridized carbons (Fsp3) is 0. The maximum atomic E-state index is 8.52. The molecule has 15 heteroatoms. The molecule has 0 saturated carbocycles. The van der Waals surface area contributed by atoms with E-state index in [1.54, 1.807) is 0 Å². The summed E-state index contributed by atoms with van der Waals surface area (Å²) < 4.78 is 34.1. The molecule has 0 radical (unpaired) electrons. The monoisotopic (exact) mass is 305 g/mol. The van der Waals surface area contributed by atoms with Crippen LogP contribution in [0.15, 0.2) is 0 Å². The van der Waals surface area contributed by atoms with E-state index in [1.807, 2.05) is 0 Å². The predicted molar refractivity (Wildman–Crippen MR) is 47.3 cm³/mol. The zero-order chi connectivity index (χ0) is 4.50. The molecule has 0 aromatic heterocycles. The summed E-state index contributed by atoms with van der Waals surface area (Å²) in [5.41, 5.74) is 0. The van der Waals surface area contributed by atoms with Crippen LogP contribution in [0.3, 0.4) is 0 Å². The molecule has 0 bridgehead atoms. The zero-order valence-electron chi connectivity index (χ0n) is 7.33. The van der Waals surface area contributed by atoms with Gasteiger partial charge in [0.2, 0.25) is 0 Å². The summed E-state index contributed by atoms with van der Waals surface area (Å²) in [4.78, 5) is 0. The molecule has 14 N–H and O–H groups in total. The van der Waals surface area contributed by atoms with Crippen molar-refractivity contribution in [3.8, 4) is 0 Å². The molecule has 15 heavy (non-hydrogen) atoms. The predicted octanol–water partition coefficient (Wildman–Crippen LogP) is -10.9. The summed E-state index contributed by atoms with van der Waals surface area (Å²) in [5, 5.41) is 0. The van der Waals surface area contributed by atoms with Crippen LogP contribution in [0.5, 0.6) is 0 Å². The number of hydrogen-bond donors (Lipinski definition) is 0. The van der Waals surface area contributed by atoms with Gasteiger partial charge in [-0.2, -0.15) is 0 Å². The molecule has 0 fully saturated rings. The molecule has 0 aromatic carbocycles. The van der Waals surface area contributed by atoms with Crippen LogP contribution >= 0.6 is 0 Å². The molecule has 0 aliphatic heterocycles. The molecular formula is H14ClMg2O11S+. The Morgan fingerprint density at radius 3 is 0.600 bits per heavy atom. The molecule has 0 spiro atoms. The maximum absolute atomic E-state index is 8.52. The Labute approximate surface area is 124 Å². The minimum absolute atomic E-state index is 0. The van der Waals surface area contributed by atoms with E-state index in [2.05, 4.69) is 0 Å². The average molecular weight is 306 g/mol. The van der Waals surface area contributed by atoms with Crippen LogP contribution in [-0.2, 0) is 10.4 Å². The third kappa shape index (κ3) is 1390. The minimum Gasteiger partial charge on any atom is -1.00 e. The standard InChI is InChI=1S/ClH.2Mg.H2O4S.7H2O/c;;;1-5(2,3)4;;;;;;;/h1H;;;(H2,1,2,3,4);7*1H2/q;2*+2;;;;;;;;/p-3. The molecule has 0 atom stereocenters. The van der Waals surface area contributed by atoms with Crippen molar-refractivity contribution in [3.63, 3.8) is 0 Å². The number of rotatable bonds is 0. The molecule has 11 nitrogen and oxygen atoms in total. The van der Waals surface area contributed by atoms with E-state index in [9.17, 15) is 0 Å². The molecule has 0 heterocycles. The Morgan fingerprint density at radius 2 is 0.600 bits per heavy atom. The molecule has 0 aliphatic carbocycles. The van der Waals surface area contributed by atoms with Gasteiger partial charge in [0, 0.05) is 10.4 Å². The second-order valence-electron chi connectivity index (χ2n) is 0.408. The van der Waals surface area contributed by atoms with Gasteiger partial charge in [-0.1, -0.05) is 0 Å². The van der Waals surface area contributed by atoms with Crippen molar-refractivity contribution in [1.82, 2.24) is 0 Å². The normalized spacial score (nSPS) is 3.87. The van der Waals surface area contributed by atoms with Crippen molar-refractivity contribution in [2.24, 2.45) is 0 Å². The fourth-order valence-corrected chi connectivity index (χ4v) is 0. The molecule has 0 aliphatic rings. The second-order valence-corrected chi connectivity index (χ2v) is 1.22. The van der Waals surface area contributed by atoms with Crippen molar-refractivity contribution in [2.45, 2.75) is 0 Å². The SMILES string of the molecule is O.O.O.O.O.O.O.O=S(=O)([O-])[O-].[Cl-].[Mg+2].[Mg+2]. The fourth-order valence-electron chi connectivity index (χ4n) is 0. The molecular weight excluding hydrogens is 292 g/mol. The summed E-state index contributed by atoms with van der Waals surface area (Å²) in [6.45, 7) is 0. The first-order valence-corrected chi connectivity index (χ1v) is 2.00. The molecule has 0 unspecified atom stereocenters. The Bertz CT molecular complexity index is 102. The largest absolute Gasteiger partial charge is 2.00 e. The Kier molecular flexibility index (Phi) is 517. The quantitative estimate of drug-likeness (QED) is 0.239. The van der Waals surface area contributed by atoms with E-state index < -0.39 is 10.4 Å². The van der Waals surface area contributed by atoms with Crippen LogP contribution in [-0.4, -0.2) is 102 Å². The van der Waals surface area contributed by atoms with Gasteiger partial charge in [-0.15, -0.1) is 0 Å². The smallest absolute Gasteiger partial charge is 1.00 e. The van der Waals surface area contributed by atoms with E-state index in [-0.39, 0.29) is 96.8 Å². The van der Waals surface area contributed by atoms with Gasteiger partial charge in [0.25, 0.3) is 0 Å². The van der Waals surface area contributed by atoms with Crippen LogP contribution in [0.1, 0.15) is 0 Å². The van der Waals surface area contributed by atoms with Crippen molar-refractivity contribution < 1.29 is 68.3 Å². The summed E-state index contributed by atoms with van der Waals surface area (Å²) in [6.07, 6.45) is 0. The van der Waals surface area contributed by atoms with Crippen molar-refractivity contribution >= 4 is 56.5 Å². The molecule has 0 saturated heterocycles. The van der Waals surface area contributed by atoms with Gasteiger partial charge >= 0.3 is 46.1 Å². The van der Waals surface area contributed by atoms with Gasteiger partial charge in [0.15, 0.2) is 0 Å². The van der Waals surface area contributed by atoms with Crippen molar-refractivity contribution in [3.05, 3.63) is 0 Å². The van der Waals surface area contributed by atoms with Gasteiger partial charge in [0.1, 0.15) is 0 Å². The van der Waals surface area contributed by atoms with Crippen LogP contribution in [0, 0.1) is 0 Å². The van der Waals surface area contributed by atoms with Crippen LogP contribution in [0.2, 0.25) is 0 Å². The molecule has 0 rings (SSSR count). The number of halogens is 1. The maximum Gasteiger partial charge on any atom is 2.00 e. The van der Waals surface area contributed by atoms with Gasteiger partial charge in [-0.3, -0.25) is 8.42 Å². The molecule has 0 amide bonds. The van der Waals surface area contributed by atoms with E-state index in [0.717, 1.165) is 0 Å². The van der Waals surface area contributed by atoms with Crippen LogP contribution in [0.25, 0.3) is 0 Å². The van der Waals surface area contributed by atoms with Gasteiger partial charge in [-0.05, 0) is 0 Å². The average Bonchev–Trinajstić information content (AvgIpc) is 0.722. The van der Waals surface area contributed by atoms with E-state index in [1.165, 1.54) is 0 Å². The Hall–Kier alpha value is 1.41. The van der Waals surface area contributed by atoms with E-state index >= 15 is 0 Å². The van der Waals surface area contributed by atoms with Crippen LogP contribution in [0.4, 0.5) is 0 Å². The molecule has 0 aromatic rings. The first-order chi connectivity index (χ1) is 2.00. The first-order valence-electron chi connectivity index (χ1n) is 0.667. The van der Waals surface area contributed by atoms with Crippen molar-refractivity contribution in [2.75, 3.05) is 0 Å². The zero-order valence-corrected chi connectivity index (χ0v) is 11.7.